The average molecular weight is 355 g/mol. The van der Waals surface area contributed by atoms with Crippen molar-refractivity contribution in [2.24, 2.45) is 5.73 Å². The standard InChI is InChI=1S/C15H22N4O2S2/c1-15(2,3)10-7-17-12(21-10)9-22-13-8-18-14(23-13)19-11(20)5-4-6-16/h7-8H,4-6,9,16H2,1-3H3,(H,18,19,20). The molecule has 0 unspecified atom stereocenters. The fourth-order valence-corrected chi connectivity index (χ4v) is 3.43. The summed E-state index contributed by atoms with van der Waals surface area (Å²) in [5, 5.41) is 3.39. The van der Waals surface area contributed by atoms with Gasteiger partial charge >= 0.3 is 0 Å². The number of carbonyl (C=O) groups excluding carboxylic acids is 1. The molecule has 0 saturated heterocycles. The molecule has 0 spiro atoms. The summed E-state index contributed by atoms with van der Waals surface area (Å²) < 4.78 is 6.77. The molecule has 1 amide bonds. The number of thiazole rings is 1. The molecule has 0 aliphatic rings. The summed E-state index contributed by atoms with van der Waals surface area (Å²) in [5.74, 6) is 2.16. The number of amides is 1. The van der Waals surface area contributed by atoms with Gasteiger partial charge in [-0.05, 0) is 13.0 Å². The second-order valence-electron chi connectivity index (χ2n) is 6.08. The Hall–Kier alpha value is -1.38. The Labute approximate surface area is 144 Å². The number of nitrogens with one attached hydrogen (secondary N) is 1. The van der Waals surface area contributed by atoms with Crippen LogP contribution in [0.15, 0.2) is 21.0 Å². The smallest absolute Gasteiger partial charge is 0.226 e. The molecule has 0 aromatic carbocycles. The largest absolute Gasteiger partial charge is 0.444 e. The minimum Gasteiger partial charge on any atom is -0.444 e. The van der Waals surface area contributed by atoms with Gasteiger partial charge in [-0.2, -0.15) is 0 Å². The van der Waals surface area contributed by atoms with Gasteiger partial charge in [0.2, 0.25) is 11.8 Å². The molecular formula is C15H22N4O2S2. The first-order valence-corrected chi connectivity index (χ1v) is 9.22. The maximum atomic E-state index is 11.6. The second-order valence-corrected chi connectivity index (χ2v) is 8.39. The molecule has 0 aliphatic carbocycles. The second kappa shape index (κ2) is 7.94. The van der Waals surface area contributed by atoms with Crippen LogP contribution in [0, 0.1) is 0 Å². The number of carbonyl (C=O) groups is 1. The minimum absolute atomic E-state index is 0.0403. The number of aromatic nitrogens is 2. The predicted octanol–water partition coefficient (Wildman–Crippen LogP) is 3.40. The number of oxazole rings is 1. The van der Waals surface area contributed by atoms with Gasteiger partial charge in [0, 0.05) is 11.8 Å². The van der Waals surface area contributed by atoms with Gasteiger partial charge in [-0.3, -0.25) is 4.79 Å². The van der Waals surface area contributed by atoms with E-state index < -0.39 is 0 Å². The topological polar surface area (TPSA) is 94.0 Å². The first kappa shape index (κ1) is 18.0. The monoisotopic (exact) mass is 354 g/mol. The fourth-order valence-electron chi connectivity index (χ4n) is 1.68. The lowest BCUT2D eigenvalue weighted by atomic mass is 9.94. The van der Waals surface area contributed by atoms with Crippen LogP contribution in [0.4, 0.5) is 5.13 Å². The van der Waals surface area contributed by atoms with Gasteiger partial charge in [-0.1, -0.05) is 32.1 Å². The Balaban J connectivity index is 1.85. The van der Waals surface area contributed by atoms with Gasteiger partial charge in [0.25, 0.3) is 0 Å². The molecule has 0 bridgehead atoms. The van der Waals surface area contributed by atoms with Crippen LogP contribution in [0.25, 0.3) is 0 Å². The van der Waals surface area contributed by atoms with E-state index in [0.717, 1.165) is 9.97 Å². The zero-order valence-corrected chi connectivity index (χ0v) is 15.2. The van der Waals surface area contributed by atoms with Crippen LogP contribution in [0.2, 0.25) is 0 Å². The molecule has 0 aliphatic heterocycles. The molecule has 0 fully saturated rings. The minimum atomic E-state index is -0.0520. The molecule has 2 aromatic heterocycles. The van der Waals surface area contributed by atoms with Crippen molar-refractivity contribution in [2.75, 3.05) is 11.9 Å². The van der Waals surface area contributed by atoms with E-state index in [9.17, 15) is 4.79 Å². The van der Waals surface area contributed by atoms with Crippen LogP contribution >= 0.6 is 23.1 Å². The van der Waals surface area contributed by atoms with Gasteiger partial charge < -0.3 is 15.5 Å². The van der Waals surface area contributed by atoms with Crippen molar-refractivity contribution < 1.29 is 9.21 Å². The number of rotatable bonds is 7. The highest BCUT2D eigenvalue weighted by Crippen LogP contribution is 2.31. The van der Waals surface area contributed by atoms with Crippen LogP contribution in [0.5, 0.6) is 0 Å². The van der Waals surface area contributed by atoms with Gasteiger partial charge in [0.15, 0.2) is 5.13 Å². The summed E-state index contributed by atoms with van der Waals surface area (Å²) in [5.41, 5.74) is 5.35. The third kappa shape index (κ3) is 5.63. The van der Waals surface area contributed by atoms with E-state index in [-0.39, 0.29) is 11.3 Å². The molecule has 2 rings (SSSR count). The molecular weight excluding hydrogens is 332 g/mol. The van der Waals surface area contributed by atoms with Gasteiger partial charge in [-0.15, -0.1) is 11.8 Å². The van der Waals surface area contributed by atoms with Gasteiger partial charge in [-0.25, -0.2) is 9.97 Å². The number of hydrogen-bond donors (Lipinski definition) is 2. The summed E-state index contributed by atoms with van der Waals surface area (Å²) in [6, 6.07) is 0. The lowest BCUT2D eigenvalue weighted by molar-refractivity contribution is -0.116. The maximum Gasteiger partial charge on any atom is 0.226 e. The molecule has 23 heavy (non-hydrogen) atoms. The van der Waals surface area contributed by atoms with Crippen molar-refractivity contribution >= 4 is 34.1 Å². The van der Waals surface area contributed by atoms with E-state index in [0.29, 0.717) is 36.2 Å². The van der Waals surface area contributed by atoms with Crippen LogP contribution in [0.3, 0.4) is 0 Å². The summed E-state index contributed by atoms with van der Waals surface area (Å²) in [6.45, 7) is 6.78. The third-order valence-corrected chi connectivity index (χ3v) is 5.06. The predicted molar refractivity (Wildman–Crippen MR) is 93.8 cm³/mol. The third-order valence-electron chi connectivity index (χ3n) is 2.97. The Kier molecular flexibility index (Phi) is 6.20. The lowest BCUT2D eigenvalue weighted by Gasteiger charge is -2.12. The molecule has 2 aromatic rings. The van der Waals surface area contributed by atoms with Gasteiger partial charge in [0.05, 0.1) is 22.4 Å². The SMILES string of the molecule is CC(C)(C)c1cnc(CSc2cnc(NC(=O)CCCN)s2)o1. The van der Waals surface area contributed by atoms with Crippen LogP contribution in [0.1, 0.15) is 45.3 Å². The highest BCUT2D eigenvalue weighted by molar-refractivity contribution is 8.00. The number of nitrogens with two attached hydrogens (primary N) is 1. The summed E-state index contributed by atoms with van der Waals surface area (Å²) in [7, 11) is 0. The first-order valence-electron chi connectivity index (χ1n) is 7.42. The highest BCUT2D eigenvalue weighted by Gasteiger charge is 2.19. The molecule has 3 N–H and O–H groups in total. The maximum absolute atomic E-state index is 11.6. The summed E-state index contributed by atoms with van der Waals surface area (Å²) in [4.78, 5) is 20.1. The Morgan fingerprint density at radius 3 is 2.83 bits per heavy atom. The number of hydrogen-bond acceptors (Lipinski definition) is 7. The van der Waals surface area contributed by atoms with E-state index in [2.05, 4.69) is 36.1 Å². The average Bonchev–Trinajstić information content (AvgIpc) is 3.11. The van der Waals surface area contributed by atoms with Crippen molar-refractivity contribution in [3.63, 3.8) is 0 Å². The van der Waals surface area contributed by atoms with E-state index in [1.807, 2.05) is 0 Å². The first-order chi connectivity index (χ1) is 10.9. The van der Waals surface area contributed by atoms with Crippen molar-refractivity contribution in [2.45, 2.75) is 49.0 Å². The van der Waals surface area contributed by atoms with Crippen molar-refractivity contribution in [1.82, 2.24) is 9.97 Å². The van der Waals surface area contributed by atoms with Crippen LogP contribution in [-0.2, 0) is 16.0 Å². The lowest BCUT2D eigenvalue weighted by Crippen LogP contribution is -2.13. The number of thioether (sulfide) groups is 1. The van der Waals surface area contributed by atoms with Crippen LogP contribution < -0.4 is 11.1 Å². The molecule has 126 valence electrons. The fraction of sp³-hybridized carbons (Fsp3) is 0.533. The molecule has 6 nitrogen and oxygen atoms in total. The normalized spacial score (nSPS) is 11.7. The van der Waals surface area contributed by atoms with E-state index >= 15 is 0 Å². The van der Waals surface area contributed by atoms with Crippen molar-refractivity contribution in [3.8, 4) is 0 Å². The van der Waals surface area contributed by atoms with E-state index in [1.54, 1.807) is 24.2 Å². The highest BCUT2D eigenvalue weighted by atomic mass is 32.2. The zero-order valence-electron chi connectivity index (χ0n) is 13.6. The summed E-state index contributed by atoms with van der Waals surface area (Å²) >= 11 is 3.04. The number of nitrogens with zero attached hydrogens (tertiary/aromatic N) is 2. The molecule has 0 atom stereocenters. The zero-order chi connectivity index (χ0) is 16.9. The molecule has 2 heterocycles. The van der Waals surface area contributed by atoms with Crippen molar-refractivity contribution in [1.29, 1.82) is 0 Å². The Morgan fingerprint density at radius 2 is 2.17 bits per heavy atom. The molecule has 0 radical (unpaired) electrons. The quantitative estimate of drug-likeness (QED) is 0.740. The van der Waals surface area contributed by atoms with E-state index in [1.165, 1.54) is 11.3 Å². The Morgan fingerprint density at radius 1 is 1.39 bits per heavy atom. The van der Waals surface area contributed by atoms with E-state index in [4.69, 9.17) is 10.2 Å². The molecule has 0 saturated carbocycles. The van der Waals surface area contributed by atoms with Crippen molar-refractivity contribution in [3.05, 3.63) is 24.0 Å². The Bertz CT molecular complexity index is 646. The number of anilines is 1. The van der Waals surface area contributed by atoms with Gasteiger partial charge in [0.1, 0.15) is 5.76 Å². The molecule has 8 heteroatoms. The van der Waals surface area contributed by atoms with Crippen LogP contribution in [-0.4, -0.2) is 22.4 Å². The summed E-state index contributed by atoms with van der Waals surface area (Å²) in [6.07, 6.45) is 4.64.